The maximum absolute atomic E-state index is 12.3. The van der Waals surface area contributed by atoms with Crippen molar-refractivity contribution < 1.29 is 14.3 Å². The third kappa shape index (κ3) is 3.66. The summed E-state index contributed by atoms with van der Waals surface area (Å²) in [6.45, 7) is 3.05. The lowest BCUT2D eigenvalue weighted by molar-refractivity contribution is -0.0852. The van der Waals surface area contributed by atoms with Crippen LogP contribution in [0.4, 0.5) is 21.9 Å². The lowest BCUT2D eigenvalue weighted by Gasteiger charge is -2.24. The second-order valence-corrected chi connectivity index (χ2v) is 6.45. The molecule has 4 rings (SSSR count). The largest absolute Gasteiger partial charge is 0.376 e. The SMILES string of the molecule is O=C(NCC1COCCO1)Nc1ccccc1N1CCc2ccccc21. The third-order valence-electron chi connectivity index (χ3n) is 4.71. The number of nitrogens with one attached hydrogen (secondary N) is 2. The Morgan fingerprint density at radius 1 is 1.08 bits per heavy atom. The van der Waals surface area contributed by atoms with Gasteiger partial charge in [-0.25, -0.2) is 4.79 Å². The molecule has 0 saturated carbocycles. The molecule has 6 nitrogen and oxygen atoms in total. The summed E-state index contributed by atoms with van der Waals surface area (Å²) in [5.74, 6) is 0. The summed E-state index contributed by atoms with van der Waals surface area (Å²) in [4.78, 5) is 14.6. The molecule has 2 aliphatic rings. The smallest absolute Gasteiger partial charge is 0.319 e. The number of benzene rings is 2. The highest BCUT2D eigenvalue weighted by Gasteiger charge is 2.22. The zero-order chi connectivity index (χ0) is 17.8. The van der Waals surface area contributed by atoms with E-state index in [4.69, 9.17) is 9.47 Å². The number of carbonyl (C=O) groups excluding carboxylic acids is 1. The summed E-state index contributed by atoms with van der Waals surface area (Å²) in [6, 6.07) is 16.0. The van der Waals surface area contributed by atoms with Crippen molar-refractivity contribution in [1.29, 1.82) is 0 Å². The lowest BCUT2D eigenvalue weighted by atomic mass is 10.2. The van der Waals surface area contributed by atoms with E-state index in [-0.39, 0.29) is 12.1 Å². The van der Waals surface area contributed by atoms with Crippen LogP contribution in [0.15, 0.2) is 48.5 Å². The second kappa shape index (κ2) is 7.76. The van der Waals surface area contributed by atoms with Crippen LogP contribution in [0.3, 0.4) is 0 Å². The van der Waals surface area contributed by atoms with Crippen molar-refractivity contribution in [2.45, 2.75) is 12.5 Å². The van der Waals surface area contributed by atoms with E-state index in [0.717, 1.165) is 24.3 Å². The van der Waals surface area contributed by atoms with Gasteiger partial charge >= 0.3 is 6.03 Å². The molecule has 136 valence electrons. The van der Waals surface area contributed by atoms with E-state index in [0.29, 0.717) is 26.4 Å². The minimum absolute atomic E-state index is 0.0878. The summed E-state index contributed by atoms with van der Waals surface area (Å²) in [5, 5.41) is 5.83. The van der Waals surface area contributed by atoms with E-state index < -0.39 is 0 Å². The molecule has 2 aromatic carbocycles. The highest BCUT2D eigenvalue weighted by atomic mass is 16.6. The molecule has 1 saturated heterocycles. The van der Waals surface area contributed by atoms with Gasteiger partial charge in [-0.1, -0.05) is 30.3 Å². The standard InChI is InChI=1S/C20H23N3O3/c24-20(21-13-16-14-25-11-12-26-16)22-17-6-2-4-8-19(17)23-10-9-15-5-1-3-7-18(15)23/h1-8,16H,9-14H2,(H2,21,22,24). The Bertz CT molecular complexity index is 774. The molecular weight excluding hydrogens is 330 g/mol. The van der Waals surface area contributed by atoms with Crippen molar-refractivity contribution in [3.8, 4) is 0 Å². The number of ether oxygens (including phenoxy) is 2. The Balaban J connectivity index is 1.44. The van der Waals surface area contributed by atoms with Crippen molar-refractivity contribution in [3.05, 3.63) is 54.1 Å². The Morgan fingerprint density at radius 3 is 2.73 bits per heavy atom. The molecule has 26 heavy (non-hydrogen) atoms. The monoisotopic (exact) mass is 353 g/mol. The minimum Gasteiger partial charge on any atom is -0.376 e. The van der Waals surface area contributed by atoms with Crippen LogP contribution in [-0.4, -0.2) is 45.0 Å². The van der Waals surface area contributed by atoms with Crippen LogP contribution in [0.25, 0.3) is 0 Å². The summed E-state index contributed by atoms with van der Waals surface area (Å²) in [5.41, 5.74) is 4.34. The number of amides is 2. The first-order chi connectivity index (χ1) is 12.8. The van der Waals surface area contributed by atoms with Crippen LogP contribution in [-0.2, 0) is 15.9 Å². The zero-order valence-electron chi connectivity index (χ0n) is 14.6. The Labute approximate surface area is 153 Å². The predicted molar refractivity (Wildman–Crippen MR) is 101 cm³/mol. The molecule has 6 heteroatoms. The van der Waals surface area contributed by atoms with Gasteiger partial charge in [0.2, 0.25) is 0 Å². The van der Waals surface area contributed by atoms with Gasteiger partial charge < -0.3 is 25.0 Å². The van der Waals surface area contributed by atoms with E-state index in [1.807, 2.05) is 30.3 Å². The molecule has 2 N–H and O–H groups in total. The Kier molecular flexibility index (Phi) is 5.04. The molecule has 2 aliphatic heterocycles. The van der Waals surface area contributed by atoms with Gasteiger partial charge in [-0.15, -0.1) is 0 Å². The van der Waals surface area contributed by atoms with Gasteiger partial charge in [0.25, 0.3) is 0 Å². The molecule has 2 amide bonds. The van der Waals surface area contributed by atoms with Gasteiger partial charge in [0.05, 0.1) is 37.3 Å². The van der Waals surface area contributed by atoms with E-state index in [1.165, 1.54) is 11.3 Å². The van der Waals surface area contributed by atoms with Gasteiger partial charge in [0, 0.05) is 18.8 Å². The van der Waals surface area contributed by atoms with E-state index in [1.54, 1.807) is 0 Å². The van der Waals surface area contributed by atoms with Gasteiger partial charge in [-0.3, -0.25) is 0 Å². The number of hydrogen-bond acceptors (Lipinski definition) is 4. The molecule has 0 aliphatic carbocycles. The minimum atomic E-state index is -0.237. The van der Waals surface area contributed by atoms with Crippen LogP contribution in [0, 0.1) is 0 Å². The number of fused-ring (bicyclic) bond motifs is 1. The summed E-state index contributed by atoms with van der Waals surface area (Å²) < 4.78 is 10.9. The zero-order valence-corrected chi connectivity index (χ0v) is 14.6. The molecule has 1 atom stereocenters. The molecule has 0 radical (unpaired) electrons. The first-order valence-corrected chi connectivity index (χ1v) is 9.00. The highest BCUT2D eigenvalue weighted by Crippen LogP contribution is 2.37. The highest BCUT2D eigenvalue weighted by molar-refractivity contribution is 5.94. The first-order valence-electron chi connectivity index (χ1n) is 9.00. The first kappa shape index (κ1) is 16.9. The number of para-hydroxylation sites is 3. The average Bonchev–Trinajstić information content (AvgIpc) is 3.12. The fourth-order valence-corrected chi connectivity index (χ4v) is 3.43. The van der Waals surface area contributed by atoms with Crippen molar-refractivity contribution in [1.82, 2.24) is 5.32 Å². The van der Waals surface area contributed by atoms with E-state index in [2.05, 4.69) is 33.7 Å². The summed E-state index contributed by atoms with van der Waals surface area (Å²) in [7, 11) is 0. The predicted octanol–water partition coefficient (Wildman–Crippen LogP) is 2.92. The van der Waals surface area contributed by atoms with Crippen LogP contribution >= 0.6 is 0 Å². The molecule has 0 bridgehead atoms. The van der Waals surface area contributed by atoms with Gasteiger partial charge in [-0.05, 0) is 30.2 Å². The molecule has 1 fully saturated rings. The molecule has 2 aromatic rings. The van der Waals surface area contributed by atoms with Crippen molar-refractivity contribution >= 4 is 23.1 Å². The Hall–Kier alpha value is -2.57. The molecule has 1 unspecified atom stereocenters. The van der Waals surface area contributed by atoms with Crippen molar-refractivity contribution in [3.63, 3.8) is 0 Å². The van der Waals surface area contributed by atoms with E-state index >= 15 is 0 Å². The lowest BCUT2D eigenvalue weighted by Crippen LogP contribution is -2.41. The molecule has 2 heterocycles. The fraction of sp³-hybridized carbons (Fsp3) is 0.350. The van der Waals surface area contributed by atoms with Crippen LogP contribution in [0.2, 0.25) is 0 Å². The number of carbonyl (C=O) groups is 1. The van der Waals surface area contributed by atoms with Crippen molar-refractivity contribution in [2.75, 3.05) is 43.1 Å². The summed E-state index contributed by atoms with van der Waals surface area (Å²) >= 11 is 0. The Morgan fingerprint density at radius 2 is 1.88 bits per heavy atom. The molecule has 0 spiro atoms. The van der Waals surface area contributed by atoms with Crippen LogP contribution < -0.4 is 15.5 Å². The van der Waals surface area contributed by atoms with Gasteiger partial charge in [-0.2, -0.15) is 0 Å². The number of hydrogen-bond donors (Lipinski definition) is 2. The van der Waals surface area contributed by atoms with Crippen LogP contribution in [0.5, 0.6) is 0 Å². The molecular formula is C20H23N3O3. The quantitative estimate of drug-likeness (QED) is 0.887. The number of anilines is 3. The number of nitrogens with zero attached hydrogens (tertiary/aromatic N) is 1. The topological polar surface area (TPSA) is 62.8 Å². The van der Waals surface area contributed by atoms with Crippen LogP contribution in [0.1, 0.15) is 5.56 Å². The number of rotatable bonds is 4. The normalized spacial score (nSPS) is 19.1. The summed E-state index contributed by atoms with van der Waals surface area (Å²) in [6.07, 6.45) is 0.922. The maximum Gasteiger partial charge on any atom is 0.319 e. The maximum atomic E-state index is 12.3. The second-order valence-electron chi connectivity index (χ2n) is 6.45. The fourth-order valence-electron chi connectivity index (χ4n) is 3.43. The third-order valence-corrected chi connectivity index (χ3v) is 4.71. The van der Waals surface area contributed by atoms with E-state index in [9.17, 15) is 4.79 Å². The van der Waals surface area contributed by atoms with Crippen molar-refractivity contribution in [2.24, 2.45) is 0 Å². The van der Waals surface area contributed by atoms with Gasteiger partial charge in [0.1, 0.15) is 0 Å². The average molecular weight is 353 g/mol. The number of urea groups is 1. The molecule has 0 aromatic heterocycles. The van der Waals surface area contributed by atoms with Gasteiger partial charge in [0.15, 0.2) is 0 Å².